The highest BCUT2D eigenvalue weighted by molar-refractivity contribution is 9.10. The first-order valence-electron chi connectivity index (χ1n) is 8.08. The summed E-state index contributed by atoms with van der Waals surface area (Å²) in [5.41, 5.74) is 1.34. The van der Waals surface area contributed by atoms with E-state index in [9.17, 15) is 0 Å². The lowest BCUT2D eigenvalue weighted by Gasteiger charge is -2.34. The lowest BCUT2D eigenvalue weighted by atomic mass is 9.76. The van der Waals surface area contributed by atoms with Crippen molar-refractivity contribution in [2.75, 3.05) is 6.54 Å². The number of hydrogen-bond acceptors (Lipinski definition) is 2. The SMILES string of the molecule is CCCNC(c1cncc(Br)c1)C1CCC(CC)CC1. The Morgan fingerprint density at radius 1 is 1.25 bits per heavy atom. The van der Waals surface area contributed by atoms with Crippen LogP contribution in [0.3, 0.4) is 0 Å². The third kappa shape index (κ3) is 4.29. The Bertz CT molecular complexity index is 400. The molecule has 0 spiro atoms. The number of rotatable bonds is 6. The Morgan fingerprint density at radius 2 is 2.00 bits per heavy atom. The van der Waals surface area contributed by atoms with E-state index in [-0.39, 0.29) is 0 Å². The first-order chi connectivity index (χ1) is 9.74. The van der Waals surface area contributed by atoms with Gasteiger partial charge in [-0.3, -0.25) is 4.98 Å². The van der Waals surface area contributed by atoms with Gasteiger partial charge >= 0.3 is 0 Å². The van der Waals surface area contributed by atoms with Gasteiger partial charge in [-0.05, 0) is 65.2 Å². The van der Waals surface area contributed by atoms with Gasteiger partial charge in [-0.25, -0.2) is 0 Å². The van der Waals surface area contributed by atoms with Gasteiger partial charge in [-0.1, -0.05) is 33.1 Å². The summed E-state index contributed by atoms with van der Waals surface area (Å²) in [7, 11) is 0. The van der Waals surface area contributed by atoms with Crippen molar-refractivity contribution in [2.45, 2.75) is 58.4 Å². The molecule has 1 heterocycles. The number of nitrogens with one attached hydrogen (secondary N) is 1. The van der Waals surface area contributed by atoms with Crippen LogP contribution in [0.25, 0.3) is 0 Å². The van der Waals surface area contributed by atoms with E-state index in [1.807, 2.05) is 12.4 Å². The largest absolute Gasteiger partial charge is 0.310 e. The van der Waals surface area contributed by atoms with Gasteiger partial charge in [0.2, 0.25) is 0 Å². The molecule has 2 nitrogen and oxygen atoms in total. The van der Waals surface area contributed by atoms with Gasteiger partial charge < -0.3 is 5.32 Å². The molecular weight excluding hydrogens is 312 g/mol. The molecule has 1 aliphatic rings. The van der Waals surface area contributed by atoms with Crippen LogP contribution >= 0.6 is 15.9 Å². The predicted octanol–water partition coefficient (Wildman–Crippen LogP) is 5.10. The Hall–Kier alpha value is -0.410. The minimum absolute atomic E-state index is 0.470. The van der Waals surface area contributed by atoms with Crippen molar-refractivity contribution >= 4 is 15.9 Å². The van der Waals surface area contributed by atoms with E-state index < -0.39 is 0 Å². The zero-order valence-corrected chi connectivity index (χ0v) is 14.3. The molecule has 0 aromatic carbocycles. The van der Waals surface area contributed by atoms with E-state index in [0.717, 1.165) is 22.9 Å². The average Bonchev–Trinajstić information content (AvgIpc) is 2.48. The molecule has 0 radical (unpaired) electrons. The van der Waals surface area contributed by atoms with Crippen molar-refractivity contribution < 1.29 is 0 Å². The standard InChI is InChI=1S/C17H27BrN2/c1-3-9-20-17(15-10-16(18)12-19-11-15)14-7-5-13(4-2)6-8-14/h10-14,17,20H,3-9H2,1-2H3. The Labute approximate surface area is 131 Å². The zero-order valence-electron chi connectivity index (χ0n) is 12.7. The second-order valence-electron chi connectivity index (χ2n) is 6.06. The van der Waals surface area contributed by atoms with Crippen molar-refractivity contribution in [3.8, 4) is 0 Å². The molecule has 3 heteroatoms. The zero-order chi connectivity index (χ0) is 14.4. The molecule has 20 heavy (non-hydrogen) atoms. The fourth-order valence-corrected chi connectivity index (χ4v) is 3.77. The molecule has 1 fully saturated rings. The maximum Gasteiger partial charge on any atom is 0.0410 e. The molecule has 112 valence electrons. The van der Waals surface area contributed by atoms with Crippen molar-refractivity contribution in [3.63, 3.8) is 0 Å². The summed E-state index contributed by atoms with van der Waals surface area (Å²) in [6.45, 7) is 5.65. The van der Waals surface area contributed by atoms with Crippen LogP contribution in [0.15, 0.2) is 22.9 Å². The topological polar surface area (TPSA) is 24.9 Å². The normalized spacial score (nSPS) is 24.6. The average molecular weight is 339 g/mol. The highest BCUT2D eigenvalue weighted by Gasteiger charge is 2.27. The number of aromatic nitrogens is 1. The lowest BCUT2D eigenvalue weighted by molar-refractivity contribution is 0.218. The number of halogens is 1. The Kier molecular flexibility index (Phi) is 6.50. The molecule has 1 saturated carbocycles. The van der Waals surface area contributed by atoms with E-state index in [4.69, 9.17) is 0 Å². The van der Waals surface area contributed by atoms with E-state index in [0.29, 0.717) is 6.04 Å². The van der Waals surface area contributed by atoms with Gasteiger partial charge in [0.1, 0.15) is 0 Å². The van der Waals surface area contributed by atoms with E-state index in [1.165, 1.54) is 44.1 Å². The fourth-order valence-electron chi connectivity index (χ4n) is 3.38. The minimum atomic E-state index is 0.470. The highest BCUT2D eigenvalue weighted by atomic mass is 79.9. The van der Waals surface area contributed by atoms with Crippen molar-refractivity contribution in [1.29, 1.82) is 0 Å². The highest BCUT2D eigenvalue weighted by Crippen LogP contribution is 2.38. The molecule has 1 N–H and O–H groups in total. The molecule has 0 amide bonds. The summed E-state index contributed by atoms with van der Waals surface area (Å²) >= 11 is 3.55. The Morgan fingerprint density at radius 3 is 2.60 bits per heavy atom. The molecule has 2 rings (SSSR count). The van der Waals surface area contributed by atoms with Crippen LogP contribution in [0.1, 0.15) is 64.0 Å². The number of hydrogen-bond donors (Lipinski definition) is 1. The van der Waals surface area contributed by atoms with Crippen LogP contribution in [0.4, 0.5) is 0 Å². The predicted molar refractivity (Wildman–Crippen MR) is 88.7 cm³/mol. The number of nitrogens with zero attached hydrogens (tertiary/aromatic N) is 1. The van der Waals surface area contributed by atoms with Crippen molar-refractivity contribution in [2.24, 2.45) is 11.8 Å². The van der Waals surface area contributed by atoms with Gasteiger partial charge in [0.15, 0.2) is 0 Å². The Balaban J connectivity index is 2.07. The van der Waals surface area contributed by atoms with Crippen LogP contribution in [-0.4, -0.2) is 11.5 Å². The molecule has 1 aliphatic carbocycles. The molecule has 1 aromatic rings. The molecular formula is C17H27BrN2. The second-order valence-corrected chi connectivity index (χ2v) is 6.97. The van der Waals surface area contributed by atoms with Gasteiger partial charge in [-0.15, -0.1) is 0 Å². The van der Waals surface area contributed by atoms with Crippen LogP contribution < -0.4 is 5.32 Å². The summed E-state index contributed by atoms with van der Waals surface area (Å²) in [6, 6.07) is 2.70. The summed E-state index contributed by atoms with van der Waals surface area (Å²) in [6.07, 6.45) is 11.9. The maximum atomic E-state index is 4.35. The van der Waals surface area contributed by atoms with Crippen LogP contribution in [0.5, 0.6) is 0 Å². The molecule has 0 bridgehead atoms. The van der Waals surface area contributed by atoms with Gasteiger partial charge in [-0.2, -0.15) is 0 Å². The summed E-state index contributed by atoms with van der Waals surface area (Å²) in [5.74, 6) is 1.72. The second kappa shape index (κ2) is 8.14. The molecule has 0 saturated heterocycles. The summed E-state index contributed by atoms with van der Waals surface area (Å²) in [5, 5.41) is 3.75. The molecule has 1 unspecified atom stereocenters. The van der Waals surface area contributed by atoms with Crippen LogP contribution in [-0.2, 0) is 0 Å². The first-order valence-corrected chi connectivity index (χ1v) is 8.87. The lowest BCUT2D eigenvalue weighted by Crippen LogP contribution is -2.31. The maximum absolute atomic E-state index is 4.35. The summed E-state index contributed by atoms with van der Waals surface area (Å²) < 4.78 is 1.08. The smallest absolute Gasteiger partial charge is 0.0410 e. The van der Waals surface area contributed by atoms with Crippen molar-refractivity contribution in [1.82, 2.24) is 10.3 Å². The van der Waals surface area contributed by atoms with Crippen LogP contribution in [0.2, 0.25) is 0 Å². The first kappa shape index (κ1) is 16.0. The quantitative estimate of drug-likeness (QED) is 0.780. The molecule has 1 atom stereocenters. The molecule has 1 aromatic heterocycles. The van der Waals surface area contributed by atoms with Gasteiger partial charge in [0.25, 0.3) is 0 Å². The fraction of sp³-hybridized carbons (Fsp3) is 0.706. The summed E-state index contributed by atoms with van der Waals surface area (Å²) in [4.78, 5) is 4.35. The number of pyridine rings is 1. The monoisotopic (exact) mass is 338 g/mol. The van der Waals surface area contributed by atoms with E-state index in [2.05, 4.69) is 46.1 Å². The van der Waals surface area contributed by atoms with Crippen molar-refractivity contribution in [3.05, 3.63) is 28.5 Å². The van der Waals surface area contributed by atoms with E-state index >= 15 is 0 Å². The van der Waals surface area contributed by atoms with Crippen LogP contribution in [0, 0.1) is 11.8 Å². The third-order valence-corrected chi connectivity index (χ3v) is 5.07. The molecule has 0 aliphatic heterocycles. The third-order valence-electron chi connectivity index (χ3n) is 4.64. The van der Waals surface area contributed by atoms with Gasteiger partial charge in [0, 0.05) is 22.9 Å². The van der Waals surface area contributed by atoms with Gasteiger partial charge in [0.05, 0.1) is 0 Å². The van der Waals surface area contributed by atoms with E-state index in [1.54, 1.807) is 0 Å². The minimum Gasteiger partial charge on any atom is -0.310 e.